The van der Waals surface area contributed by atoms with Crippen molar-refractivity contribution in [1.82, 2.24) is 10.3 Å². The second-order valence-corrected chi connectivity index (χ2v) is 5.63. The molecule has 118 valence electrons. The van der Waals surface area contributed by atoms with Gasteiger partial charge in [0.15, 0.2) is 0 Å². The Hall–Kier alpha value is -1.14. The van der Waals surface area contributed by atoms with Gasteiger partial charge in [0.25, 0.3) is 0 Å². The van der Waals surface area contributed by atoms with Crippen molar-refractivity contribution in [3.63, 3.8) is 0 Å². The number of likely N-dealkylation sites (N-methyl/N-ethyl adjacent to an activating group) is 1. The van der Waals surface area contributed by atoms with E-state index in [4.69, 9.17) is 15.3 Å². The van der Waals surface area contributed by atoms with Crippen LogP contribution in [0.15, 0.2) is 12.1 Å². The van der Waals surface area contributed by atoms with Crippen LogP contribution >= 0.6 is 0 Å². The number of methoxy groups -OCH3 is 1. The van der Waals surface area contributed by atoms with Gasteiger partial charge in [-0.3, -0.25) is 16.2 Å². The Kier molecular flexibility index (Phi) is 5.58. The zero-order valence-corrected chi connectivity index (χ0v) is 13.5. The Morgan fingerprint density at radius 1 is 1.43 bits per heavy atom. The number of aryl methyl sites for hydroxylation is 2. The zero-order valence-electron chi connectivity index (χ0n) is 13.5. The van der Waals surface area contributed by atoms with E-state index in [0.717, 1.165) is 43.1 Å². The Balaban J connectivity index is 2.26. The molecule has 1 saturated heterocycles. The van der Waals surface area contributed by atoms with Gasteiger partial charge in [0.05, 0.1) is 25.9 Å². The van der Waals surface area contributed by atoms with Crippen LogP contribution in [0.25, 0.3) is 0 Å². The number of morpholine rings is 1. The zero-order chi connectivity index (χ0) is 15.4. The molecule has 1 aromatic rings. The van der Waals surface area contributed by atoms with E-state index in [1.54, 1.807) is 7.11 Å². The van der Waals surface area contributed by atoms with Crippen molar-refractivity contribution < 1.29 is 9.47 Å². The van der Waals surface area contributed by atoms with Crippen LogP contribution in [-0.2, 0) is 4.74 Å². The number of rotatable bonds is 5. The third-order valence-corrected chi connectivity index (χ3v) is 4.29. The van der Waals surface area contributed by atoms with Gasteiger partial charge in [-0.05, 0) is 43.1 Å². The van der Waals surface area contributed by atoms with Crippen LogP contribution < -0.4 is 16.0 Å². The Morgan fingerprint density at radius 2 is 2.19 bits per heavy atom. The number of hydrazine groups is 1. The summed E-state index contributed by atoms with van der Waals surface area (Å²) in [5.74, 6) is 6.74. The van der Waals surface area contributed by atoms with Crippen molar-refractivity contribution in [2.75, 3.05) is 33.4 Å². The summed E-state index contributed by atoms with van der Waals surface area (Å²) < 4.78 is 11.3. The summed E-state index contributed by atoms with van der Waals surface area (Å²) >= 11 is 0. The summed E-state index contributed by atoms with van der Waals surface area (Å²) in [6.07, 6.45) is 0.0650. The molecular formula is C16H27N3O2. The van der Waals surface area contributed by atoms with Crippen LogP contribution in [0.3, 0.4) is 0 Å². The molecule has 0 bridgehead atoms. The first-order chi connectivity index (χ1) is 10.1. The van der Waals surface area contributed by atoms with Crippen molar-refractivity contribution in [2.24, 2.45) is 5.84 Å². The van der Waals surface area contributed by atoms with Gasteiger partial charge in [-0.15, -0.1) is 0 Å². The lowest BCUT2D eigenvalue weighted by Gasteiger charge is -2.37. The highest BCUT2D eigenvalue weighted by molar-refractivity contribution is 5.43. The van der Waals surface area contributed by atoms with Crippen molar-refractivity contribution in [3.05, 3.63) is 28.8 Å². The van der Waals surface area contributed by atoms with Gasteiger partial charge >= 0.3 is 0 Å². The molecule has 1 aliphatic rings. The molecule has 1 fully saturated rings. The Bertz CT molecular complexity index is 479. The summed E-state index contributed by atoms with van der Waals surface area (Å²) in [7, 11) is 1.70. The second kappa shape index (κ2) is 7.22. The van der Waals surface area contributed by atoms with Crippen LogP contribution in [0.4, 0.5) is 0 Å². The molecule has 0 amide bonds. The van der Waals surface area contributed by atoms with E-state index < -0.39 is 0 Å². The fraction of sp³-hybridized carbons (Fsp3) is 0.625. The Labute approximate surface area is 127 Å². The van der Waals surface area contributed by atoms with E-state index in [-0.39, 0.29) is 12.1 Å². The molecule has 0 spiro atoms. The van der Waals surface area contributed by atoms with Gasteiger partial charge in [-0.25, -0.2) is 0 Å². The van der Waals surface area contributed by atoms with E-state index >= 15 is 0 Å². The minimum Gasteiger partial charge on any atom is -0.496 e. The maximum Gasteiger partial charge on any atom is 0.122 e. The third kappa shape index (κ3) is 3.55. The lowest BCUT2D eigenvalue weighted by Crippen LogP contribution is -2.49. The summed E-state index contributed by atoms with van der Waals surface area (Å²) in [5.41, 5.74) is 6.40. The predicted molar refractivity (Wildman–Crippen MR) is 84.4 cm³/mol. The largest absolute Gasteiger partial charge is 0.496 e. The molecule has 0 aromatic heterocycles. The van der Waals surface area contributed by atoms with Crippen molar-refractivity contribution in [1.29, 1.82) is 0 Å². The van der Waals surface area contributed by atoms with Crippen LogP contribution in [0.5, 0.6) is 5.75 Å². The molecule has 21 heavy (non-hydrogen) atoms. The highest BCUT2D eigenvalue weighted by Crippen LogP contribution is 2.29. The average molecular weight is 293 g/mol. The molecule has 1 aliphatic heterocycles. The van der Waals surface area contributed by atoms with E-state index in [2.05, 4.69) is 43.2 Å². The van der Waals surface area contributed by atoms with Crippen molar-refractivity contribution >= 4 is 0 Å². The third-order valence-electron chi connectivity index (χ3n) is 4.29. The maximum absolute atomic E-state index is 5.95. The minimum absolute atomic E-state index is 0.0102. The number of benzene rings is 1. The average Bonchev–Trinajstić information content (AvgIpc) is 2.51. The fourth-order valence-electron chi connectivity index (χ4n) is 2.98. The number of hydrogen-bond acceptors (Lipinski definition) is 5. The van der Waals surface area contributed by atoms with Gasteiger partial charge in [0.2, 0.25) is 0 Å². The van der Waals surface area contributed by atoms with E-state index in [1.807, 2.05) is 0 Å². The Morgan fingerprint density at radius 3 is 2.81 bits per heavy atom. The molecule has 2 unspecified atom stereocenters. The summed E-state index contributed by atoms with van der Waals surface area (Å²) in [6, 6.07) is 4.20. The second-order valence-electron chi connectivity index (χ2n) is 5.63. The van der Waals surface area contributed by atoms with Gasteiger partial charge in [0, 0.05) is 13.1 Å². The lowest BCUT2D eigenvalue weighted by atomic mass is 9.94. The van der Waals surface area contributed by atoms with E-state index in [9.17, 15) is 0 Å². The molecular weight excluding hydrogens is 266 g/mol. The summed E-state index contributed by atoms with van der Waals surface area (Å²) in [5, 5.41) is 0. The van der Waals surface area contributed by atoms with E-state index in [0.29, 0.717) is 0 Å². The van der Waals surface area contributed by atoms with Crippen LogP contribution in [0, 0.1) is 13.8 Å². The number of ether oxygens (including phenoxy) is 2. The topological polar surface area (TPSA) is 59.8 Å². The number of nitrogens with two attached hydrogens (primary N) is 1. The smallest absolute Gasteiger partial charge is 0.122 e. The molecule has 5 heteroatoms. The summed E-state index contributed by atoms with van der Waals surface area (Å²) in [6.45, 7) is 10.00. The van der Waals surface area contributed by atoms with Gasteiger partial charge < -0.3 is 9.47 Å². The lowest BCUT2D eigenvalue weighted by molar-refractivity contribution is -0.0457. The van der Waals surface area contributed by atoms with Crippen LogP contribution in [0.2, 0.25) is 0 Å². The molecule has 0 saturated carbocycles. The van der Waals surface area contributed by atoms with Crippen LogP contribution in [-0.4, -0.2) is 44.4 Å². The maximum atomic E-state index is 5.95. The molecule has 2 rings (SSSR count). The molecule has 0 aliphatic carbocycles. The first kappa shape index (κ1) is 16.2. The monoisotopic (exact) mass is 293 g/mol. The van der Waals surface area contributed by atoms with Gasteiger partial charge in [0.1, 0.15) is 5.75 Å². The van der Waals surface area contributed by atoms with E-state index in [1.165, 1.54) is 5.56 Å². The van der Waals surface area contributed by atoms with Gasteiger partial charge in [-0.2, -0.15) is 0 Å². The number of nitrogens with one attached hydrogen (secondary N) is 1. The highest BCUT2D eigenvalue weighted by Gasteiger charge is 2.29. The first-order valence-corrected chi connectivity index (χ1v) is 7.55. The number of hydrogen-bond donors (Lipinski definition) is 2. The molecule has 3 N–H and O–H groups in total. The summed E-state index contributed by atoms with van der Waals surface area (Å²) in [4.78, 5) is 2.39. The van der Waals surface area contributed by atoms with Crippen molar-refractivity contribution in [2.45, 2.75) is 32.9 Å². The quantitative estimate of drug-likeness (QED) is 0.637. The molecule has 1 aromatic carbocycles. The molecule has 1 heterocycles. The fourth-order valence-corrected chi connectivity index (χ4v) is 2.98. The predicted octanol–water partition coefficient (Wildman–Crippen LogP) is 1.54. The molecule has 0 radical (unpaired) electrons. The van der Waals surface area contributed by atoms with Crippen LogP contribution in [0.1, 0.15) is 29.7 Å². The molecule has 2 atom stereocenters. The first-order valence-electron chi connectivity index (χ1n) is 7.55. The highest BCUT2D eigenvalue weighted by atomic mass is 16.5. The van der Waals surface area contributed by atoms with Gasteiger partial charge in [-0.1, -0.05) is 13.0 Å². The normalized spacial score (nSPS) is 21.3. The minimum atomic E-state index is -0.0102. The SMILES string of the molecule is CCN1CCOC(C(NN)c2cc(C)c(OC)cc2C)C1. The number of nitrogens with zero attached hydrogens (tertiary/aromatic N) is 1. The molecule has 5 nitrogen and oxygen atoms in total. The van der Waals surface area contributed by atoms with Crippen molar-refractivity contribution in [3.8, 4) is 5.75 Å². The standard InChI is InChI=1S/C16H27N3O2/c1-5-19-6-7-21-15(10-19)16(18-17)13-8-12(3)14(20-4)9-11(13)2/h8-9,15-16,18H,5-7,10,17H2,1-4H3.